The molecule has 2 heterocycles. The third-order valence-corrected chi connectivity index (χ3v) is 10.7. The number of likely N-dealkylation sites (tertiary alicyclic amines) is 1. The van der Waals surface area contributed by atoms with Gasteiger partial charge in [0.1, 0.15) is 6.61 Å². The van der Waals surface area contributed by atoms with E-state index in [2.05, 4.69) is 16.1 Å². The lowest BCUT2D eigenvalue weighted by Crippen LogP contribution is -2.46. The second-order valence-electron chi connectivity index (χ2n) is 12.6. The highest BCUT2D eigenvalue weighted by molar-refractivity contribution is 6.42. The fourth-order valence-electron chi connectivity index (χ4n) is 6.96. The van der Waals surface area contributed by atoms with Gasteiger partial charge in [0.2, 0.25) is 0 Å². The van der Waals surface area contributed by atoms with E-state index >= 15 is 0 Å². The molecule has 7 nitrogen and oxygen atoms in total. The molecule has 1 fully saturated rings. The molecule has 0 aromatic heterocycles. The molecule has 0 radical (unpaired) electrons. The molecule has 11 heteroatoms. The Labute approximate surface area is 306 Å². The molecule has 1 saturated heterocycles. The van der Waals surface area contributed by atoms with Crippen LogP contribution >= 0.6 is 46.4 Å². The van der Waals surface area contributed by atoms with Gasteiger partial charge in [-0.25, -0.2) is 4.79 Å². The maximum atomic E-state index is 13.3. The van der Waals surface area contributed by atoms with Crippen LogP contribution in [0.5, 0.6) is 0 Å². The van der Waals surface area contributed by atoms with Gasteiger partial charge in [-0.3, -0.25) is 4.90 Å². The average molecular weight is 742 g/mol. The highest BCUT2D eigenvalue weighted by Gasteiger charge is 2.46. The zero-order valence-electron chi connectivity index (χ0n) is 26.8. The van der Waals surface area contributed by atoms with Crippen LogP contribution in [0.4, 0.5) is 10.5 Å². The molecule has 4 aromatic carbocycles. The zero-order chi connectivity index (χ0) is 34.4. The number of piperidine rings is 1. The number of fused-ring (bicyclic) bond motifs is 2. The first kappa shape index (κ1) is 35.5. The molecule has 1 unspecified atom stereocenters. The van der Waals surface area contributed by atoms with Gasteiger partial charge in [-0.2, -0.15) is 0 Å². The maximum Gasteiger partial charge on any atom is 0.414 e. The first-order valence-electron chi connectivity index (χ1n) is 16.2. The van der Waals surface area contributed by atoms with Gasteiger partial charge in [-0.15, -0.1) is 0 Å². The number of hydrogen-bond donors (Lipinski definition) is 1. The minimum Gasteiger partial charge on any atom is -0.444 e. The lowest BCUT2D eigenvalue weighted by atomic mass is 9.74. The lowest BCUT2D eigenvalue weighted by Gasteiger charge is -2.40. The zero-order valence-corrected chi connectivity index (χ0v) is 29.9. The van der Waals surface area contributed by atoms with E-state index in [1.54, 1.807) is 29.2 Å². The summed E-state index contributed by atoms with van der Waals surface area (Å²) in [5, 5.41) is 15.8. The Hall–Kier alpha value is -3.30. The topological polar surface area (TPSA) is 74.6 Å². The van der Waals surface area contributed by atoms with Crippen molar-refractivity contribution in [1.82, 2.24) is 4.90 Å². The molecule has 0 aliphatic carbocycles. The van der Waals surface area contributed by atoms with Crippen LogP contribution in [0.1, 0.15) is 47.4 Å². The van der Waals surface area contributed by atoms with Gasteiger partial charge in [0.15, 0.2) is 0 Å². The second-order valence-corrected chi connectivity index (χ2v) is 14.3. The molecule has 0 saturated carbocycles. The predicted octanol–water partition coefficient (Wildman–Crippen LogP) is 10.0. The number of amides is 1. The van der Waals surface area contributed by atoms with Crippen molar-refractivity contribution in [2.45, 2.75) is 43.8 Å². The van der Waals surface area contributed by atoms with E-state index in [0.717, 1.165) is 54.9 Å². The first-order valence-corrected chi connectivity index (χ1v) is 17.7. The Balaban J connectivity index is 1.10. The van der Waals surface area contributed by atoms with E-state index in [1.807, 2.05) is 60.7 Å². The number of rotatable bonds is 11. The van der Waals surface area contributed by atoms with Crippen LogP contribution in [0.3, 0.4) is 0 Å². The number of para-hydroxylation sites is 1. The van der Waals surface area contributed by atoms with Crippen molar-refractivity contribution in [3.8, 4) is 0 Å². The molecule has 1 amide bonds. The Bertz CT molecular complexity index is 1780. The minimum atomic E-state index is -0.323. The molecule has 1 spiro atoms. The SMILES string of the molecule is O=C(OCc1ccccc1)N1CC2(CCN(CCC(/C(COCc3cc(Cl)cc(Cl)c3)=N\O)c3ccc(Cl)c(Cl)c3)CC2)c2ccccc21. The van der Waals surface area contributed by atoms with Gasteiger partial charge in [0, 0.05) is 27.9 Å². The Morgan fingerprint density at radius 3 is 2.27 bits per heavy atom. The summed E-state index contributed by atoms with van der Waals surface area (Å²) < 4.78 is 11.7. The number of carbonyl (C=O) groups is 1. The number of oxime groups is 1. The fourth-order valence-corrected chi connectivity index (χ4v) is 7.83. The molecule has 1 atom stereocenters. The predicted molar refractivity (Wildman–Crippen MR) is 197 cm³/mol. The summed E-state index contributed by atoms with van der Waals surface area (Å²) in [5.74, 6) is -0.263. The molecular formula is C38H37Cl4N3O4. The van der Waals surface area contributed by atoms with Gasteiger partial charge >= 0.3 is 6.09 Å². The minimum absolute atomic E-state index is 0.0989. The number of ether oxygens (including phenoxy) is 2. The number of carbonyl (C=O) groups excluding carboxylic acids is 1. The van der Waals surface area contributed by atoms with Crippen molar-refractivity contribution in [2.75, 3.05) is 37.7 Å². The summed E-state index contributed by atoms with van der Waals surface area (Å²) in [5.41, 5.74) is 5.13. The number of nitrogens with zero attached hydrogens (tertiary/aromatic N) is 3. The maximum absolute atomic E-state index is 13.3. The van der Waals surface area contributed by atoms with Gasteiger partial charge in [-0.1, -0.05) is 106 Å². The largest absolute Gasteiger partial charge is 0.444 e. The van der Waals surface area contributed by atoms with Crippen molar-refractivity contribution in [3.05, 3.63) is 133 Å². The molecule has 1 N–H and O–H groups in total. The van der Waals surface area contributed by atoms with Crippen molar-refractivity contribution in [2.24, 2.45) is 5.16 Å². The summed E-state index contributed by atoms with van der Waals surface area (Å²) in [6.07, 6.45) is 2.15. The molecule has 6 rings (SSSR count). The number of hydrogen-bond acceptors (Lipinski definition) is 6. The summed E-state index contributed by atoms with van der Waals surface area (Å²) >= 11 is 25.0. The van der Waals surface area contributed by atoms with Crippen LogP contribution in [-0.2, 0) is 28.1 Å². The van der Waals surface area contributed by atoms with E-state index in [-0.39, 0.29) is 37.2 Å². The number of benzene rings is 4. The highest BCUT2D eigenvalue weighted by atomic mass is 35.5. The summed E-state index contributed by atoms with van der Waals surface area (Å²) in [7, 11) is 0. The Kier molecular flexibility index (Phi) is 11.7. The third kappa shape index (κ3) is 8.54. The summed E-state index contributed by atoms with van der Waals surface area (Å²) in [4.78, 5) is 17.6. The van der Waals surface area contributed by atoms with E-state index in [4.69, 9.17) is 55.9 Å². The number of anilines is 1. The molecule has 49 heavy (non-hydrogen) atoms. The van der Waals surface area contributed by atoms with Gasteiger partial charge < -0.3 is 19.6 Å². The average Bonchev–Trinajstić information content (AvgIpc) is 3.42. The van der Waals surface area contributed by atoms with Crippen LogP contribution in [0.2, 0.25) is 20.1 Å². The monoisotopic (exact) mass is 739 g/mol. The van der Waals surface area contributed by atoms with Crippen LogP contribution in [-0.4, -0.2) is 54.7 Å². The molecular weight excluding hydrogens is 704 g/mol. The van der Waals surface area contributed by atoms with Crippen LogP contribution in [0.15, 0.2) is 96.2 Å². The van der Waals surface area contributed by atoms with Gasteiger partial charge in [0.05, 0.1) is 34.7 Å². The smallest absolute Gasteiger partial charge is 0.414 e. The van der Waals surface area contributed by atoms with Crippen LogP contribution in [0.25, 0.3) is 0 Å². The summed E-state index contributed by atoms with van der Waals surface area (Å²) in [6, 6.07) is 28.7. The van der Waals surface area contributed by atoms with Crippen molar-refractivity contribution in [3.63, 3.8) is 0 Å². The fraction of sp³-hybridized carbons (Fsp3) is 0.316. The second kappa shape index (κ2) is 16.2. The lowest BCUT2D eigenvalue weighted by molar-refractivity contribution is 0.139. The van der Waals surface area contributed by atoms with E-state index in [1.165, 1.54) is 5.56 Å². The van der Waals surface area contributed by atoms with E-state index in [0.29, 0.717) is 38.8 Å². The number of halogens is 4. The molecule has 4 aromatic rings. The molecule has 0 bridgehead atoms. The van der Waals surface area contributed by atoms with Crippen molar-refractivity contribution >= 4 is 63.9 Å². The van der Waals surface area contributed by atoms with Crippen molar-refractivity contribution < 1.29 is 19.5 Å². The molecule has 2 aliphatic rings. The standard InChI is InChI=1S/C38H37Cl4N3O4/c39-29-18-27(19-30(40)21-29)22-48-24-35(43-47)31(28-10-11-33(41)34(42)20-28)12-15-44-16-13-38(14-17-44)25-45(36-9-5-4-8-32(36)38)37(46)49-23-26-6-2-1-3-7-26/h1-11,18-21,31,47H,12-17,22-25H2/b43-35-. The van der Waals surface area contributed by atoms with Crippen LogP contribution in [0, 0.1) is 0 Å². The van der Waals surface area contributed by atoms with Gasteiger partial charge in [-0.05, 0) is 97.5 Å². The molecule has 256 valence electrons. The Morgan fingerprint density at radius 1 is 0.837 bits per heavy atom. The van der Waals surface area contributed by atoms with Crippen LogP contribution < -0.4 is 4.90 Å². The summed E-state index contributed by atoms with van der Waals surface area (Å²) in [6.45, 7) is 3.64. The molecule has 2 aliphatic heterocycles. The highest BCUT2D eigenvalue weighted by Crippen LogP contribution is 2.47. The van der Waals surface area contributed by atoms with E-state index < -0.39 is 0 Å². The first-order chi connectivity index (χ1) is 23.7. The van der Waals surface area contributed by atoms with E-state index in [9.17, 15) is 10.0 Å². The third-order valence-electron chi connectivity index (χ3n) is 9.52. The normalized spacial score (nSPS) is 16.5. The Morgan fingerprint density at radius 2 is 1.55 bits per heavy atom. The van der Waals surface area contributed by atoms with Crippen molar-refractivity contribution in [1.29, 1.82) is 0 Å². The quantitative estimate of drug-likeness (QED) is 0.0942. The van der Waals surface area contributed by atoms with Gasteiger partial charge in [0.25, 0.3) is 0 Å².